The highest BCUT2D eigenvalue weighted by Crippen LogP contribution is 2.35. The molecule has 1 saturated heterocycles. The van der Waals surface area contributed by atoms with Gasteiger partial charge >= 0.3 is 0 Å². The first kappa shape index (κ1) is 15.4. The standard InChI is InChI=1S/C14H23N3O2S/c1-3-14(2)6-8-17(9-7-14)20(18,19)13-5-4-12(10-15)11-16-13/h4-5,11H,3,6-10,15H2,1-2H3. The quantitative estimate of drug-likeness (QED) is 0.918. The van der Waals surface area contributed by atoms with Gasteiger partial charge in [0.1, 0.15) is 0 Å². The highest BCUT2D eigenvalue weighted by Gasteiger charge is 2.34. The van der Waals surface area contributed by atoms with Crippen LogP contribution in [0.3, 0.4) is 0 Å². The molecule has 1 aromatic heterocycles. The summed E-state index contributed by atoms with van der Waals surface area (Å²) in [6, 6.07) is 3.27. The molecule has 2 heterocycles. The van der Waals surface area contributed by atoms with E-state index < -0.39 is 10.0 Å². The minimum atomic E-state index is -3.46. The van der Waals surface area contributed by atoms with E-state index in [0.29, 0.717) is 19.6 Å². The summed E-state index contributed by atoms with van der Waals surface area (Å²) in [4.78, 5) is 4.04. The Hall–Kier alpha value is -0.980. The summed E-state index contributed by atoms with van der Waals surface area (Å²) < 4.78 is 26.6. The molecule has 2 rings (SSSR count). The molecule has 20 heavy (non-hydrogen) atoms. The van der Waals surface area contributed by atoms with E-state index in [-0.39, 0.29) is 10.4 Å². The number of aromatic nitrogens is 1. The summed E-state index contributed by atoms with van der Waals surface area (Å²) in [6.45, 7) is 5.91. The van der Waals surface area contributed by atoms with Gasteiger partial charge in [0.2, 0.25) is 0 Å². The molecule has 0 spiro atoms. The molecule has 0 saturated carbocycles. The van der Waals surface area contributed by atoms with Gasteiger partial charge in [0, 0.05) is 25.8 Å². The smallest absolute Gasteiger partial charge is 0.260 e. The lowest BCUT2D eigenvalue weighted by molar-refractivity contribution is 0.168. The van der Waals surface area contributed by atoms with E-state index in [1.165, 1.54) is 6.20 Å². The second-order valence-corrected chi connectivity index (χ2v) is 7.66. The predicted octanol–water partition coefficient (Wildman–Crippen LogP) is 1.74. The van der Waals surface area contributed by atoms with E-state index in [0.717, 1.165) is 24.8 Å². The molecule has 6 heteroatoms. The Morgan fingerprint density at radius 1 is 1.35 bits per heavy atom. The molecular formula is C14H23N3O2S. The van der Waals surface area contributed by atoms with Gasteiger partial charge in [0.15, 0.2) is 5.03 Å². The summed E-state index contributed by atoms with van der Waals surface area (Å²) >= 11 is 0. The Labute approximate surface area is 121 Å². The van der Waals surface area contributed by atoms with Crippen LogP contribution in [0.25, 0.3) is 0 Å². The number of piperidine rings is 1. The maximum atomic E-state index is 12.5. The van der Waals surface area contributed by atoms with Crippen LogP contribution >= 0.6 is 0 Å². The van der Waals surface area contributed by atoms with Crippen LogP contribution in [0.2, 0.25) is 0 Å². The van der Waals surface area contributed by atoms with Crippen LogP contribution in [0.15, 0.2) is 23.4 Å². The average molecular weight is 297 g/mol. The summed E-state index contributed by atoms with van der Waals surface area (Å²) in [5.41, 5.74) is 6.60. The summed E-state index contributed by atoms with van der Waals surface area (Å²) in [6.07, 6.45) is 4.44. The van der Waals surface area contributed by atoms with Crippen molar-refractivity contribution in [3.05, 3.63) is 23.9 Å². The van der Waals surface area contributed by atoms with Crippen molar-refractivity contribution in [3.8, 4) is 0 Å². The SMILES string of the molecule is CCC1(C)CCN(S(=O)(=O)c2ccc(CN)cn2)CC1. The predicted molar refractivity (Wildman–Crippen MR) is 78.5 cm³/mol. The van der Waals surface area contributed by atoms with Crippen LogP contribution in [0.1, 0.15) is 38.7 Å². The Kier molecular flexibility index (Phi) is 4.46. The van der Waals surface area contributed by atoms with Crippen molar-refractivity contribution in [1.82, 2.24) is 9.29 Å². The second-order valence-electron chi connectivity index (χ2n) is 5.78. The van der Waals surface area contributed by atoms with Gasteiger partial charge in [-0.15, -0.1) is 0 Å². The third kappa shape index (κ3) is 3.02. The highest BCUT2D eigenvalue weighted by molar-refractivity contribution is 7.89. The molecule has 5 nitrogen and oxygen atoms in total. The fourth-order valence-corrected chi connectivity index (χ4v) is 3.79. The number of hydrogen-bond donors (Lipinski definition) is 1. The van der Waals surface area contributed by atoms with E-state index in [1.807, 2.05) is 0 Å². The Balaban J connectivity index is 2.15. The number of nitrogens with two attached hydrogens (primary N) is 1. The molecule has 0 atom stereocenters. The monoisotopic (exact) mass is 297 g/mol. The molecule has 1 aliphatic rings. The van der Waals surface area contributed by atoms with Gasteiger partial charge in [-0.25, -0.2) is 13.4 Å². The van der Waals surface area contributed by atoms with Crippen molar-refractivity contribution in [2.75, 3.05) is 13.1 Å². The highest BCUT2D eigenvalue weighted by atomic mass is 32.2. The summed E-state index contributed by atoms with van der Waals surface area (Å²) in [7, 11) is -3.46. The maximum absolute atomic E-state index is 12.5. The fourth-order valence-electron chi connectivity index (χ4n) is 2.44. The Bertz CT molecular complexity index is 546. The molecule has 1 aromatic rings. The van der Waals surface area contributed by atoms with E-state index >= 15 is 0 Å². The van der Waals surface area contributed by atoms with Crippen molar-refractivity contribution in [2.45, 2.75) is 44.7 Å². The molecule has 0 aromatic carbocycles. The zero-order chi connectivity index (χ0) is 14.8. The lowest BCUT2D eigenvalue weighted by Gasteiger charge is -2.37. The normalized spacial score (nSPS) is 19.9. The van der Waals surface area contributed by atoms with Gasteiger partial charge in [-0.3, -0.25) is 0 Å². The fraction of sp³-hybridized carbons (Fsp3) is 0.643. The van der Waals surface area contributed by atoms with Gasteiger partial charge in [-0.05, 0) is 29.9 Å². The Morgan fingerprint density at radius 3 is 2.45 bits per heavy atom. The molecular weight excluding hydrogens is 274 g/mol. The molecule has 2 N–H and O–H groups in total. The lowest BCUT2D eigenvalue weighted by atomic mass is 9.79. The topological polar surface area (TPSA) is 76.3 Å². The zero-order valence-corrected chi connectivity index (χ0v) is 13.0. The van der Waals surface area contributed by atoms with Crippen LogP contribution in [-0.2, 0) is 16.6 Å². The van der Waals surface area contributed by atoms with E-state index in [9.17, 15) is 8.42 Å². The first-order valence-corrected chi connectivity index (χ1v) is 8.50. The Morgan fingerprint density at radius 2 is 2.00 bits per heavy atom. The van der Waals surface area contributed by atoms with Crippen molar-refractivity contribution in [3.63, 3.8) is 0 Å². The third-order valence-corrected chi connectivity index (χ3v) is 6.24. The number of sulfonamides is 1. The number of rotatable bonds is 4. The molecule has 112 valence electrons. The number of hydrogen-bond acceptors (Lipinski definition) is 4. The minimum absolute atomic E-state index is 0.120. The van der Waals surface area contributed by atoms with Crippen molar-refractivity contribution < 1.29 is 8.42 Å². The van der Waals surface area contributed by atoms with Crippen molar-refractivity contribution in [2.24, 2.45) is 11.1 Å². The molecule has 0 unspecified atom stereocenters. The molecule has 1 fully saturated rings. The van der Waals surface area contributed by atoms with E-state index in [1.54, 1.807) is 16.4 Å². The van der Waals surface area contributed by atoms with Gasteiger partial charge in [-0.2, -0.15) is 4.31 Å². The van der Waals surface area contributed by atoms with Gasteiger partial charge in [0.05, 0.1) is 0 Å². The second kappa shape index (κ2) is 5.79. The average Bonchev–Trinajstić information content (AvgIpc) is 2.48. The van der Waals surface area contributed by atoms with Crippen LogP contribution in [0.4, 0.5) is 0 Å². The maximum Gasteiger partial charge on any atom is 0.260 e. The van der Waals surface area contributed by atoms with E-state index in [2.05, 4.69) is 18.8 Å². The molecule has 0 aliphatic carbocycles. The third-order valence-electron chi connectivity index (χ3n) is 4.42. The molecule has 1 aliphatic heterocycles. The summed E-state index contributed by atoms with van der Waals surface area (Å²) in [5.74, 6) is 0. The molecule has 0 bridgehead atoms. The minimum Gasteiger partial charge on any atom is -0.326 e. The zero-order valence-electron chi connectivity index (χ0n) is 12.2. The van der Waals surface area contributed by atoms with Crippen molar-refractivity contribution in [1.29, 1.82) is 0 Å². The summed E-state index contributed by atoms with van der Waals surface area (Å²) in [5, 5.41) is 0.120. The molecule has 0 radical (unpaired) electrons. The largest absolute Gasteiger partial charge is 0.326 e. The first-order valence-electron chi connectivity index (χ1n) is 7.06. The van der Waals surface area contributed by atoms with Crippen LogP contribution in [0, 0.1) is 5.41 Å². The van der Waals surface area contributed by atoms with Crippen LogP contribution in [-0.4, -0.2) is 30.8 Å². The van der Waals surface area contributed by atoms with Gasteiger partial charge < -0.3 is 5.73 Å². The number of nitrogens with zero attached hydrogens (tertiary/aromatic N) is 2. The van der Waals surface area contributed by atoms with Crippen LogP contribution < -0.4 is 5.73 Å². The van der Waals surface area contributed by atoms with Gasteiger partial charge in [0.25, 0.3) is 10.0 Å². The first-order chi connectivity index (χ1) is 9.41. The lowest BCUT2D eigenvalue weighted by Crippen LogP contribution is -2.42. The van der Waals surface area contributed by atoms with Crippen molar-refractivity contribution >= 4 is 10.0 Å². The van der Waals surface area contributed by atoms with Crippen LogP contribution in [0.5, 0.6) is 0 Å². The number of pyridine rings is 1. The van der Waals surface area contributed by atoms with Gasteiger partial charge in [-0.1, -0.05) is 26.3 Å². The molecule has 0 amide bonds. The van der Waals surface area contributed by atoms with E-state index in [4.69, 9.17) is 5.73 Å².